The molecule has 22 heavy (non-hydrogen) atoms. The average Bonchev–Trinajstić information content (AvgIpc) is 3.01. The normalized spacial score (nSPS) is 31.5. The van der Waals surface area contributed by atoms with Crippen LogP contribution < -0.4 is 5.56 Å². The van der Waals surface area contributed by atoms with E-state index in [9.17, 15) is 15.0 Å². The van der Waals surface area contributed by atoms with Gasteiger partial charge in [-0.3, -0.25) is 9.36 Å². The molecule has 2 aromatic heterocycles. The molecule has 4 atom stereocenters. The maximum Gasteiger partial charge on any atom is 0.279 e. The fraction of sp³-hybridized carbons (Fsp3) is 0.500. The first kappa shape index (κ1) is 14.7. The third-order valence-electron chi connectivity index (χ3n) is 4.06. The van der Waals surface area contributed by atoms with Gasteiger partial charge in [0, 0.05) is 5.92 Å². The molecule has 0 amide bonds. The fourth-order valence-corrected chi connectivity index (χ4v) is 2.80. The fourth-order valence-electron chi connectivity index (χ4n) is 2.80. The van der Waals surface area contributed by atoms with Gasteiger partial charge >= 0.3 is 0 Å². The highest BCUT2D eigenvalue weighted by Crippen LogP contribution is 2.41. The predicted molar refractivity (Wildman–Crippen MR) is 76.8 cm³/mol. The van der Waals surface area contributed by atoms with Crippen molar-refractivity contribution >= 4 is 11.2 Å². The summed E-state index contributed by atoms with van der Waals surface area (Å²) >= 11 is 0. The quantitative estimate of drug-likeness (QED) is 0.633. The monoisotopic (exact) mass is 304 g/mol. The topological polar surface area (TPSA) is 113 Å². The van der Waals surface area contributed by atoms with Gasteiger partial charge in [-0.05, 0) is 6.92 Å². The second-order valence-electron chi connectivity index (χ2n) is 5.48. The summed E-state index contributed by atoms with van der Waals surface area (Å²) in [4.78, 5) is 22.8. The predicted octanol–water partition coefficient (Wildman–Crippen LogP) is -0.682. The minimum atomic E-state index is -1.48. The van der Waals surface area contributed by atoms with Crippen LogP contribution in [0.2, 0.25) is 0 Å². The Balaban J connectivity index is 2.13. The Kier molecular flexibility index (Phi) is 3.29. The van der Waals surface area contributed by atoms with Crippen molar-refractivity contribution in [2.45, 2.75) is 31.8 Å². The van der Waals surface area contributed by atoms with E-state index in [1.54, 1.807) is 18.4 Å². The highest BCUT2D eigenvalue weighted by molar-refractivity contribution is 5.69. The second kappa shape index (κ2) is 4.91. The zero-order chi connectivity index (χ0) is 16.1. The van der Waals surface area contributed by atoms with E-state index in [1.165, 1.54) is 6.33 Å². The summed E-state index contributed by atoms with van der Waals surface area (Å²) < 4.78 is 7.29. The zero-order valence-electron chi connectivity index (χ0n) is 12.1. The van der Waals surface area contributed by atoms with E-state index in [0.29, 0.717) is 11.5 Å². The Morgan fingerprint density at radius 1 is 1.64 bits per heavy atom. The van der Waals surface area contributed by atoms with Crippen LogP contribution in [0, 0.1) is 25.2 Å². The molecular formula is C14H16N4O4. The molecule has 8 heteroatoms. The lowest BCUT2D eigenvalue weighted by Gasteiger charge is -2.23. The van der Waals surface area contributed by atoms with Crippen LogP contribution in [0.3, 0.4) is 0 Å². The number of aliphatic hydroxyl groups excluding tert-OH is 2. The van der Waals surface area contributed by atoms with Gasteiger partial charge in [-0.15, -0.1) is 6.42 Å². The van der Waals surface area contributed by atoms with Gasteiger partial charge in [0.25, 0.3) is 5.56 Å². The number of imidazole rings is 1. The molecule has 1 saturated heterocycles. The van der Waals surface area contributed by atoms with E-state index in [-0.39, 0.29) is 11.1 Å². The summed E-state index contributed by atoms with van der Waals surface area (Å²) in [5, 5.41) is 19.8. The molecule has 0 aliphatic carbocycles. The first-order chi connectivity index (χ1) is 10.4. The van der Waals surface area contributed by atoms with Crippen molar-refractivity contribution in [3.05, 3.63) is 22.5 Å². The van der Waals surface area contributed by atoms with Crippen molar-refractivity contribution in [3.8, 4) is 12.3 Å². The minimum Gasteiger partial charge on any atom is -0.392 e. The lowest BCUT2D eigenvalue weighted by molar-refractivity contribution is -0.0896. The van der Waals surface area contributed by atoms with E-state index >= 15 is 0 Å². The van der Waals surface area contributed by atoms with Gasteiger partial charge in [-0.2, -0.15) is 0 Å². The number of aliphatic hydroxyl groups is 2. The summed E-state index contributed by atoms with van der Waals surface area (Å²) in [7, 11) is 0. The van der Waals surface area contributed by atoms with Crippen LogP contribution in [0.4, 0.5) is 0 Å². The van der Waals surface area contributed by atoms with Gasteiger partial charge in [0.2, 0.25) is 0 Å². The van der Waals surface area contributed by atoms with Crippen molar-refractivity contribution in [1.29, 1.82) is 0 Å². The van der Waals surface area contributed by atoms with Crippen molar-refractivity contribution in [1.82, 2.24) is 19.5 Å². The van der Waals surface area contributed by atoms with Crippen molar-refractivity contribution in [3.63, 3.8) is 0 Å². The molecule has 1 aliphatic heterocycles. The molecule has 1 fully saturated rings. The SMILES string of the molecule is C#C[C@]1(CO)O[C@@H](n2cnc3c(=O)[nH]c(C)nc32)[C@@H](C)[C@@H]1O. The Morgan fingerprint density at radius 3 is 2.95 bits per heavy atom. The molecule has 0 saturated carbocycles. The van der Waals surface area contributed by atoms with Crippen LogP contribution in [0.1, 0.15) is 19.0 Å². The molecule has 1 aliphatic rings. The molecule has 0 spiro atoms. The summed E-state index contributed by atoms with van der Waals surface area (Å²) in [5.74, 6) is 2.35. The highest BCUT2D eigenvalue weighted by Gasteiger charge is 2.52. The summed E-state index contributed by atoms with van der Waals surface area (Å²) in [6.45, 7) is 2.90. The standard InChI is InChI=1S/C14H16N4O4/c1-4-14(5-19)10(20)7(2)13(22-14)18-6-15-9-11(18)16-8(3)17-12(9)21/h1,6-7,10,13,19-20H,5H2,2-3H3,(H,16,17,21)/t7-,10-,13+,14+/m0/s1. The number of ether oxygens (including phenoxy) is 1. The van der Waals surface area contributed by atoms with E-state index in [4.69, 9.17) is 11.2 Å². The van der Waals surface area contributed by atoms with Crippen LogP contribution in [0.15, 0.2) is 11.1 Å². The molecule has 0 radical (unpaired) electrons. The van der Waals surface area contributed by atoms with Crippen molar-refractivity contribution < 1.29 is 14.9 Å². The molecule has 3 N–H and O–H groups in total. The number of aryl methyl sites for hydroxylation is 1. The van der Waals surface area contributed by atoms with E-state index in [1.807, 2.05) is 0 Å². The molecule has 3 rings (SSSR count). The van der Waals surface area contributed by atoms with Crippen molar-refractivity contribution in [2.24, 2.45) is 5.92 Å². The van der Waals surface area contributed by atoms with E-state index in [2.05, 4.69) is 20.9 Å². The zero-order valence-corrected chi connectivity index (χ0v) is 12.1. The molecule has 116 valence electrons. The Morgan fingerprint density at radius 2 is 2.36 bits per heavy atom. The number of fused-ring (bicyclic) bond motifs is 1. The minimum absolute atomic E-state index is 0.179. The molecule has 8 nitrogen and oxygen atoms in total. The van der Waals surface area contributed by atoms with E-state index in [0.717, 1.165) is 0 Å². The Labute approximate surface area is 125 Å². The number of nitrogens with zero attached hydrogens (tertiary/aromatic N) is 3. The molecule has 3 heterocycles. The first-order valence-electron chi connectivity index (χ1n) is 6.81. The smallest absolute Gasteiger partial charge is 0.279 e. The van der Waals surface area contributed by atoms with Crippen LogP contribution in [-0.4, -0.2) is 48.0 Å². The number of rotatable bonds is 2. The number of hydrogen-bond donors (Lipinski definition) is 3. The van der Waals surface area contributed by atoms with E-state index < -0.39 is 30.5 Å². The maximum absolute atomic E-state index is 11.9. The number of hydrogen-bond acceptors (Lipinski definition) is 6. The lowest BCUT2D eigenvalue weighted by atomic mass is 9.92. The molecule has 2 aromatic rings. The van der Waals surface area contributed by atoms with Gasteiger partial charge in [0.05, 0.1) is 12.9 Å². The largest absolute Gasteiger partial charge is 0.392 e. The molecule has 0 unspecified atom stereocenters. The second-order valence-corrected chi connectivity index (χ2v) is 5.48. The Bertz CT molecular complexity index is 820. The number of H-pyrrole nitrogens is 1. The van der Waals surface area contributed by atoms with Crippen molar-refractivity contribution in [2.75, 3.05) is 6.61 Å². The van der Waals surface area contributed by atoms with Gasteiger partial charge in [-0.25, -0.2) is 9.97 Å². The summed E-state index contributed by atoms with van der Waals surface area (Å²) in [6.07, 6.45) is 5.11. The van der Waals surface area contributed by atoms with Gasteiger partial charge in [0.1, 0.15) is 18.2 Å². The number of terminal acetylenes is 1. The van der Waals surface area contributed by atoms with Crippen LogP contribution in [0.25, 0.3) is 11.2 Å². The lowest BCUT2D eigenvalue weighted by Crippen LogP contribution is -2.43. The van der Waals surface area contributed by atoms with Gasteiger partial charge in [-0.1, -0.05) is 12.8 Å². The number of aromatic nitrogens is 4. The van der Waals surface area contributed by atoms with Crippen LogP contribution >= 0.6 is 0 Å². The van der Waals surface area contributed by atoms with Gasteiger partial charge < -0.3 is 19.9 Å². The highest BCUT2D eigenvalue weighted by atomic mass is 16.6. The number of nitrogens with one attached hydrogen (secondary N) is 1. The average molecular weight is 304 g/mol. The summed E-state index contributed by atoms with van der Waals surface area (Å²) in [6, 6.07) is 0. The molecule has 0 bridgehead atoms. The van der Waals surface area contributed by atoms with Gasteiger partial charge in [0.15, 0.2) is 16.8 Å². The third-order valence-corrected chi connectivity index (χ3v) is 4.06. The Hall–Kier alpha value is -2.21. The maximum atomic E-state index is 11.9. The molecule has 0 aromatic carbocycles. The number of aromatic amines is 1. The van der Waals surface area contributed by atoms with Crippen LogP contribution in [-0.2, 0) is 4.74 Å². The van der Waals surface area contributed by atoms with Crippen LogP contribution in [0.5, 0.6) is 0 Å². The third kappa shape index (κ3) is 1.87. The summed E-state index contributed by atoms with van der Waals surface area (Å²) in [5.41, 5.74) is -1.30. The molecular weight excluding hydrogens is 288 g/mol. The first-order valence-corrected chi connectivity index (χ1v) is 6.81.